The van der Waals surface area contributed by atoms with Gasteiger partial charge in [0.25, 0.3) is 0 Å². The summed E-state index contributed by atoms with van der Waals surface area (Å²) in [5.74, 6) is 0.568. The summed E-state index contributed by atoms with van der Waals surface area (Å²) in [7, 11) is 0. The van der Waals surface area contributed by atoms with Gasteiger partial charge >= 0.3 is 0 Å². The first-order chi connectivity index (χ1) is 6.61. The Morgan fingerprint density at radius 1 is 0.933 bits per heavy atom. The predicted octanol–water partition coefficient (Wildman–Crippen LogP) is 3.60. The van der Waals surface area contributed by atoms with Gasteiger partial charge in [-0.1, -0.05) is 51.1 Å². The maximum absolute atomic E-state index is 3.54. The van der Waals surface area contributed by atoms with Crippen molar-refractivity contribution in [3.05, 3.63) is 35.9 Å². The Labute approximate surface area is 99.7 Å². The second-order valence-corrected chi connectivity index (χ2v) is 4.31. The largest absolute Gasteiger partial charge is 0.311 e. The van der Waals surface area contributed by atoms with Crippen molar-refractivity contribution in [3.63, 3.8) is 0 Å². The molecule has 0 spiro atoms. The fraction of sp³-hybridized carbons (Fsp3) is 0.538. The minimum absolute atomic E-state index is 0. The molecule has 0 aliphatic carbocycles. The van der Waals surface area contributed by atoms with E-state index in [0.717, 1.165) is 0 Å². The van der Waals surface area contributed by atoms with E-state index in [-0.39, 0.29) is 12.4 Å². The maximum atomic E-state index is 3.54. The molecule has 1 rings (SSSR count). The summed E-state index contributed by atoms with van der Waals surface area (Å²) >= 11 is 0. The molecule has 2 atom stereocenters. The zero-order valence-electron chi connectivity index (χ0n) is 10.0. The van der Waals surface area contributed by atoms with E-state index in [9.17, 15) is 0 Å². The summed E-state index contributed by atoms with van der Waals surface area (Å²) in [6.45, 7) is 8.90. The molecule has 1 aromatic rings. The third kappa shape index (κ3) is 4.67. The van der Waals surface area contributed by atoms with E-state index in [1.54, 1.807) is 0 Å². The zero-order valence-corrected chi connectivity index (χ0v) is 10.8. The molecular weight excluding hydrogens is 206 g/mol. The zero-order chi connectivity index (χ0) is 10.6. The summed E-state index contributed by atoms with van der Waals surface area (Å²) in [6.07, 6.45) is 0. The number of hydrogen-bond acceptors (Lipinski definition) is 1. The smallest absolute Gasteiger partial charge is 0.0107 e. The summed E-state index contributed by atoms with van der Waals surface area (Å²) in [5, 5.41) is 3.54. The Hall–Kier alpha value is -0.530. The molecule has 0 unspecified atom stereocenters. The Morgan fingerprint density at radius 2 is 1.47 bits per heavy atom. The average Bonchev–Trinajstić information content (AvgIpc) is 2.17. The standard InChI is InChI=1S/C13H21N.ClH/c1-10(2)14-12(4)11(3)13-8-6-5-7-9-13;/h5-12,14H,1-4H3;1H/t11-,12-;/m1./s1. The van der Waals surface area contributed by atoms with Gasteiger partial charge in [-0.15, -0.1) is 12.4 Å². The molecule has 2 heteroatoms. The third-order valence-electron chi connectivity index (χ3n) is 2.67. The average molecular weight is 228 g/mol. The highest BCUT2D eigenvalue weighted by atomic mass is 35.5. The first kappa shape index (κ1) is 14.5. The molecule has 0 aliphatic heterocycles. The highest BCUT2D eigenvalue weighted by Gasteiger charge is 2.13. The van der Waals surface area contributed by atoms with E-state index < -0.39 is 0 Å². The predicted molar refractivity (Wildman–Crippen MR) is 69.8 cm³/mol. The van der Waals surface area contributed by atoms with Gasteiger partial charge in [0.2, 0.25) is 0 Å². The summed E-state index contributed by atoms with van der Waals surface area (Å²) in [5.41, 5.74) is 1.41. The topological polar surface area (TPSA) is 12.0 Å². The van der Waals surface area contributed by atoms with Gasteiger partial charge in [-0.05, 0) is 18.4 Å². The second kappa shape index (κ2) is 6.86. The van der Waals surface area contributed by atoms with Crippen molar-refractivity contribution >= 4 is 12.4 Å². The molecule has 0 aliphatic rings. The molecule has 1 aromatic carbocycles. The van der Waals surface area contributed by atoms with Crippen molar-refractivity contribution in [2.45, 2.75) is 45.7 Å². The quantitative estimate of drug-likeness (QED) is 0.829. The normalized spacial score (nSPS) is 14.5. The molecule has 1 N–H and O–H groups in total. The van der Waals surface area contributed by atoms with Crippen molar-refractivity contribution < 1.29 is 0 Å². The van der Waals surface area contributed by atoms with E-state index in [4.69, 9.17) is 0 Å². The molecule has 15 heavy (non-hydrogen) atoms. The molecule has 0 bridgehead atoms. The monoisotopic (exact) mass is 227 g/mol. The van der Waals surface area contributed by atoms with Gasteiger partial charge in [-0.25, -0.2) is 0 Å². The molecular formula is C13H22ClN. The highest BCUT2D eigenvalue weighted by molar-refractivity contribution is 5.85. The van der Waals surface area contributed by atoms with Crippen LogP contribution in [0.1, 0.15) is 39.2 Å². The van der Waals surface area contributed by atoms with Crippen LogP contribution in [0.15, 0.2) is 30.3 Å². The first-order valence-electron chi connectivity index (χ1n) is 5.42. The van der Waals surface area contributed by atoms with Crippen molar-refractivity contribution in [3.8, 4) is 0 Å². The highest BCUT2D eigenvalue weighted by Crippen LogP contribution is 2.18. The Morgan fingerprint density at radius 3 is 1.93 bits per heavy atom. The van der Waals surface area contributed by atoms with Gasteiger partial charge in [0.1, 0.15) is 0 Å². The molecule has 0 saturated heterocycles. The molecule has 1 nitrogen and oxygen atoms in total. The van der Waals surface area contributed by atoms with Crippen LogP contribution in [0.4, 0.5) is 0 Å². The first-order valence-corrected chi connectivity index (χ1v) is 5.42. The third-order valence-corrected chi connectivity index (χ3v) is 2.67. The number of halogens is 1. The molecule has 86 valence electrons. The van der Waals surface area contributed by atoms with Crippen LogP contribution >= 0.6 is 12.4 Å². The number of nitrogens with one attached hydrogen (secondary N) is 1. The summed E-state index contributed by atoms with van der Waals surface area (Å²) in [4.78, 5) is 0. The molecule has 0 saturated carbocycles. The van der Waals surface area contributed by atoms with Crippen LogP contribution in [0, 0.1) is 0 Å². The van der Waals surface area contributed by atoms with E-state index in [0.29, 0.717) is 18.0 Å². The van der Waals surface area contributed by atoms with Crippen LogP contribution in [-0.4, -0.2) is 12.1 Å². The second-order valence-electron chi connectivity index (χ2n) is 4.31. The Balaban J connectivity index is 0.00000196. The lowest BCUT2D eigenvalue weighted by Gasteiger charge is -2.23. The summed E-state index contributed by atoms with van der Waals surface area (Å²) < 4.78 is 0. The van der Waals surface area contributed by atoms with Crippen LogP contribution in [0.25, 0.3) is 0 Å². The Kier molecular flexibility index (Phi) is 6.62. The van der Waals surface area contributed by atoms with Gasteiger partial charge in [0, 0.05) is 12.1 Å². The van der Waals surface area contributed by atoms with Crippen LogP contribution in [-0.2, 0) is 0 Å². The van der Waals surface area contributed by atoms with E-state index in [2.05, 4.69) is 63.3 Å². The van der Waals surface area contributed by atoms with Gasteiger partial charge in [-0.3, -0.25) is 0 Å². The number of hydrogen-bond donors (Lipinski definition) is 1. The summed E-state index contributed by atoms with van der Waals surface area (Å²) in [6, 6.07) is 11.7. The van der Waals surface area contributed by atoms with Crippen molar-refractivity contribution in [2.75, 3.05) is 0 Å². The maximum Gasteiger partial charge on any atom is 0.0107 e. The molecule has 0 amide bonds. The molecule has 0 heterocycles. The number of rotatable bonds is 4. The lowest BCUT2D eigenvalue weighted by atomic mass is 9.94. The van der Waals surface area contributed by atoms with Crippen LogP contribution in [0.2, 0.25) is 0 Å². The minimum atomic E-state index is 0. The SMILES string of the molecule is CC(C)N[C@H](C)[C@@H](C)c1ccccc1.Cl. The van der Waals surface area contributed by atoms with Gasteiger partial charge in [0.05, 0.1) is 0 Å². The minimum Gasteiger partial charge on any atom is -0.311 e. The fourth-order valence-corrected chi connectivity index (χ4v) is 1.72. The van der Waals surface area contributed by atoms with Crippen LogP contribution in [0.3, 0.4) is 0 Å². The van der Waals surface area contributed by atoms with Crippen molar-refractivity contribution in [1.29, 1.82) is 0 Å². The van der Waals surface area contributed by atoms with E-state index in [1.165, 1.54) is 5.56 Å². The lowest BCUT2D eigenvalue weighted by Crippen LogP contribution is -2.35. The van der Waals surface area contributed by atoms with Gasteiger partial charge in [0.15, 0.2) is 0 Å². The Bertz CT molecular complexity index is 258. The van der Waals surface area contributed by atoms with Gasteiger partial charge in [-0.2, -0.15) is 0 Å². The van der Waals surface area contributed by atoms with Gasteiger partial charge < -0.3 is 5.32 Å². The van der Waals surface area contributed by atoms with Crippen LogP contribution in [0.5, 0.6) is 0 Å². The van der Waals surface area contributed by atoms with Crippen molar-refractivity contribution in [1.82, 2.24) is 5.32 Å². The number of benzene rings is 1. The van der Waals surface area contributed by atoms with E-state index in [1.807, 2.05) is 0 Å². The lowest BCUT2D eigenvalue weighted by molar-refractivity contribution is 0.439. The van der Waals surface area contributed by atoms with Crippen molar-refractivity contribution in [2.24, 2.45) is 0 Å². The molecule has 0 aromatic heterocycles. The molecule has 0 fully saturated rings. The molecule has 0 radical (unpaired) electrons. The van der Waals surface area contributed by atoms with Crippen LogP contribution < -0.4 is 5.32 Å². The fourth-order valence-electron chi connectivity index (χ4n) is 1.72. The van der Waals surface area contributed by atoms with E-state index >= 15 is 0 Å².